The largest absolute Gasteiger partial charge is 0.490 e. The minimum Gasteiger partial charge on any atom is -0.490 e. The van der Waals surface area contributed by atoms with E-state index in [4.69, 9.17) is 4.74 Å². The highest BCUT2D eigenvalue weighted by molar-refractivity contribution is 5.21. The van der Waals surface area contributed by atoms with Gasteiger partial charge in [0, 0.05) is 5.92 Å². The standard InChI is InChI=1S/C10H14O2/c1-3-6-12-9-4-5-10(11)8(2)7-9/h3-5,7-8,10-11H,1,6H2,2H3. The fourth-order valence-corrected chi connectivity index (χ4v) is 1.03. The summed E-state index contributed by atoms with van der Waals surface area (Å²) >= 11 is 0. The lowest BCUT2D eigenvalue weighted by Crippen LogP contribution is -2.16. The van der Waals surface area contributed by atoms with Gasteiger partial charge in [0.05, 0.1) is 6.10 Å². The number of hydrogen-bond donors (Lipinski definition) is 1. The Kier molecular flexibility index (Phi) is 3.11. The van der Waals surface area contributed by atoms with Crippen molar-refractivity contribution in [1.29, 1.82) is 0 Å². The first kappa shape index (κ1) is 9.07. The number of aliphatic hydroxyl groups is 1. The molecule has 1 N–H and O–H groups in total. The van der Waals surface area contributed by atoms with Crippen molar-refractivity contribution in [3.8, 4) is 0 Å². The minimum absolute atomic E-state index is 0.134. The van der Waals surface area contributed by atoms with Crippen molar-refractivity contribution < 1.29 is 9.84 Å². The molecule has 0 aromatic rings. The lowest BCUT2D eigenvalue weighted by Gasteiger charge is -2.17. The molecule has 0 spiro atoms. The second-order valence-corrected chi connectivity index (χ2v) is 2.88. The van der Waals surface area contributed by atoms with E-state index < -0.39 is 0 Å². The van der Waals surface area contributed by atoms with E-state index in [2.05, 4.69) is 6.58 Å². The molecule has 0 bridgehead atoms. The fourth-order valence-electron chi connectivity index (χ4n) is 1.03. The monoisotopic (exact) mass is 166 g/mol. The zero-order valence-electron chi connectivity index (χ0n) is 7.23. The lowest BCUT2D eigenvalue weighted by molar-refractivity contribution is 0.173. The molecule has 2 nitrogen and oxygen atoms in total. The van der Waals surface area contributed by atoms with Crippen molar-refractivity contribution in [2.24, 2.45) is 5.92 Å². The average molecular weight is 166 g/mol. The Morgan fingerprint density at radius 3 is 3.08 bits per heavy atom. The van der Waals surface area contributed by atoms with Crippen LogP contribution >= 0.6 is 0 Å². The first-order chi connectivity index (χ1) is 5.74. The maximum atomic E-state index is 9.31. The highest BCUT2D eigenvalue weighted by Gasteiger charge is 2.13. The fraction of sp³-hybridized carbons (Fsp3) is 0.400. The SMILES string of the molecule is C=CCOC1=CC(C)C(O)C=C1. The van der Waals surface area contributed by atoms with Crippen LogP contribution < -0.4 is 0 Å². The Hall–Kier alpha value is -1.02. The Bertz CT molecular complexity index is 216. The summed E-state index contributed by atoms with van der Waals surface area (Å²) in [5.41, 5.74) is 0. The van der Waals surface area contributed by atoms with E-state index in [1.54, 1.807) is 18.2 Å². The third kappa shape index (κ3) is 2.24. The molecular weight excluding hydrogens is 152 g/mol. The molecule has 0 aliphatic heterocycles. The summed E-state index contributed by atoms with van der Waals surface area (Å²) in [4.78, 5) is 0. The number of aliphatic hydroxyl groups excluding tert-OH is 1. The van der Waals surface area contributed by atoms with Crippen molar-refractivity contribution in [3.63, 3.8) is 0 Å². The van der Waals surface area contributed by atoms with E-state index in [-0.39, 0.29) is 12.0 Å². The molecule has 0 fully saturated rings. The molecular formula is C10H14O2. The predicted octanol–water partition coefficient (Wildman–Crippen LogP) is 1.64. The van der Waals surface area contributed by atoms with Crippen molar-refractivity contribution in [2.75, 3.05) is 6.61 Å². The highest BCUT2D eigenvalue weighted by Crippen LogP contribution is 2.17. The van der Waals surface area contributed by atoms with Crippen LogP contribution in [0.3, 0.4) is 0 Å². The first-order valence-corrected chi connectivity index (χ1v) is 4.06. The van der Waals surface area contributed by atoms with Crippen LogP contribution in [0, 0.1) is 5.92 Å². The minimum atomic E-state index is -0.374. The zero-order valence-corrected chi connectivity index (χ0v) is 7.23. The molecule has 0 radical (unpaired) electrons. The van der Waals surface area contributed by atoms with Crippen molar-refractivity contribution in [1.82, 2.24) is 0 Å². The van der Waals surface area contributed by atoms with Gasteiger partial charge in [-0.3, -0.25) is 0 Å². The number of hydrogen-bond acceptors (Lipinski definition) is 2. The van der Waals surface area contributed by atoms with Crippen molar-refractivity contribution in [2.45, 2.75) is 13.0 Å². The molecule has 0 saturated heterocycles. The van der Waals surface area contributed by atoms with Crippen LogP contribution in [0.15, 0.2) is 36.6 Å². The van der Waals surface area contributed by atoms with Crippen LogP contribution in [0.2, 0.25) is 0 Å². The van der Waals surface area contributed by atoms with E-state index in [9.17, 15) is 5.11 Å². The second-order valence-electron chi connectivity index (χ2n) is 2.88. The predicted molar refractivity (Wildman–Crippen MR) is 48.5 cm³/mol. The molecule has 0 aromatic heterocycles. The molecule has 1 rings (SSSR count). The van der Waals surface area contributed by atoms with E-state index in [1.807, 2.05) is 13.0 Å². The summed E-state index contributed by atoms with van der Waals surface area (Å²) in [5, 5.41) is 9.31. The second kappa shape index (κ2) is 4.12. The molecule has 0 heterocycles. The molecule has 0 amide bonds. The maximum absolute atomic E-state index is 9.31. The molecule has 0 saturated carbocycles. The number of ether oxygens (including phenoxy) is 1. The van der Waals surface area contributed by atoms with Gasteiger partial charge in [0.1, 0.15) is 12.4 Å². The quantitative estimate of drug-likeness (QED) is 0.646. The molecule has 1 aliphatic rings. The van der Waals surface area contributed by atoms with Gasteiger partial charge in [-0.15, -0.1) is 0 Å². The maximum Gasteiger partial charge on any atom is 0.115 e. The normalized spacial score (nSPS) is 28.0. The smallest absolute Gasteiger partial charge is 0.115 e. The van der Waals surface area contributed by atoms with E-state index in [0.29, 0.717) is 6.61 Å². The third-order valence-electron chi connectivity index (χ3n) is 1.79. The van der Waals surface area contributed by atoms with Gasteiger partial charge in [0.25, 0.3) is 0 Å². The summed E-state index contributed by atoms with van der Waals surface area (Å²) in [6.07, 6.45) is 6.76. The van der Waals surface area contributed by atoms with Gasteiger partial charge in [0.2, 0.25) is 0 Å². The molecule has 1 aliphatic carbocycles. The first-order valence-electron chi connectivity index (χ1n) is 4.06. The van der Waals surface area contributed by atoms with Gasteiger partial charge in [0.15, 0.2) is 0 Å². The molecule has 66 valence electrons. The van der Waals surface area contributed by atoms with Crippen LogP contribution in [0.1, 0.15) is 6.92 Å². The van der Waals surface area contributed by atoms with Gasteiger partial charge in [-0.1, -0.05) is 25.7 Å². The van der Waals surface area contributed by atoms with Crippen molar-refractivity contribution in [3.05, 3.63) is 36.6 Å². The van der Waals surface area contributed by atoms with E-state index >= 15 is 0 Å². The highest BCUT2D eigenvalue weighted by atomic mass is 16.5. The Balaban J connectivity index is 2.51. The Morgan fingerprint density at radius 1 is 1.75 bits per heavy atom. The topological polar surface area (TPSA) is 29.5 Å². The van der Waals surface area contributed by atoms with Gasteiger partial charge >= 0.3 is 0 Å². The summed E-state index contributed by atoms with van der Waals surface area (Å²) in [6, 6.07) is 0. The van der Waals surface area contributed by atoms with Crippen LogP contribution in [0.4, 0.5) is 0 Å². The van der Waals surface area contributed by atoms with Crippen molar-refractivity contribution >= 4 is 0 Å². The number of rotatable bonds is 3. The van der Waals surface area contributed by atoms with Gasteiger partial charge < -0.3 is 9.84 Å². The summed E-state index contributed by atoms with van der Waals surface area (Å²) in [6.45, 7) is 6.02. The van der Waals surface area contributed by atoms with Crippen LogP contribution in [0.5, 0.6) is 0 Å². The van der Waals surface area contributed by atoms with E-state index in [0.717, 1.165) is 5.76 Å². The number of allylic oxidation sites excluding steroid dienone is 1. The van der Waals surface area contributed by atoms with Gasteiger partial charge in [-0.25, -0.2) is 0 Å². The zero-order chi connectivity index (χ0) is 8.97. The lowest BCUT2D eigenvalue weighted by atomic mass is 9.99. The molecule has 0 aromatic carbocycles. The van der Waals surface area contributed by atoms with Crippen LogP contribution in [-0.2, 0) is 4.74 Å². The summed E-state index contributed by atoms with van der Waals surface area (Å²) < 4.78 is 5.30. The molecule has 2 heteroatoms. The van der Waals surface area contributed by atoms with Crippen LogP contribution in [-0.4, -0.2) is 17.8 Å². The van der Waals surface area contributed by atoms with Gasteiger partial charge in [-0.05, 0) is 12.2 Å². The summed E-state index contributed by atoms with van der Waals surface area (Å²) in [7, 11) is 0. The molecule has 12 heavy (non-hydrogen) atoms. The van der Waals surface area contributed by atoms with Gasteiger partial charge in [-0.2, -0.15) is 0 Å². The molecule has 2 unspecified atom stereocenters. The summed E-state index contributed by atoms with van der Waals surface area (Å²) in [5.74, 6) is 0.947. The van der Waals surface area contributed by atoms with E-state index in [1.165, 1.54) is 0 Å². The Labute approximate surface area is 72.9 Å². The van der Waals surface area contributed by atoms with Crippen LogP contribution in [0.25, 0.3) is 0 Å². The average Bonchev–Trinajstić information content (AvgIpc) is 2.07. The Morgan fingerprint density at radius 2 is 2.50 bits per heavy atom. The molecule has 2 atom stereocenters. The third-order valence-corrected chi connectivity index (χ3v) is 1.79.